The second-order valence-electron chi connectivity index (χ2n) is 8.99. The molecule has 32 heavy (non-hydrogen) atoms. The van der Waals surface area contributed by atoms with Crippen molar-refractivity contribution >= 4 is 11.8 Å². The van der Waals surface area contributed by atoms with Crippen molar-refractivity contribution in [3.05, 3.63) is 71.8 Å². The summed E-state index contributed by atoms with van der Waals surface area (Å²) < 4.78 is 6.05. The number of piperidine rings is 1. The second-order valence-corrected chi connectivity index (χ2v) is 8.99. The van der Waals surface area contributed by atoms with Gasteiger partial charge in [-0.25, -0.2) is 0 Å². The fourth-order valence-electron chi connectivity index (χ4n) is 4.88. The molecule has 0 spiro atoms. The molecule has 4 rings (SSSR count). The van der Waals surface area contributed by atoms with Crippen molar-refractivity contribution in [2.45, 2.75) is 44.6 Å². The summed E-state index contributed by atoms with van der Waals surface area (Å²) in [5.74, 6) is 0.610. The van der Waals surface area contributed by atoms with Crippen LogP contribution < -0.4 is 5.32 Å². The molecule has 2 aliphatic heterocycles. The highest BCUT2D eigenvalue weighted by Crippen LogP contribution is 2.33. The summed E-state index contributed by atoms with van der Waals surface area (Å²) in [6.07, 6.45) is 4.93. The molecule has 2 aliphatic rings. The number of nitrogens with zero attached hydrogens (tertiary/aromatic N) is 1. The topological polar surface area (TPSA) is 58.6 Å². The summed E-state index contributed by atoms with van der Waals surface area (Å²) in [5, 5.41) is 3.19. The molecule has 170 valence electrons. The Balaban J connectivity index is 1.21. The Bertz CT molecular complexity index is 863. The van der Waals surface area contributed by atoms with Gasteiger partial charge in [0.25, 0.3) is 0 Å². The first-order chi connectivity index (χ1) is 15.7. The van der Waals surface area contributed by atoms with E-state index in [9.17, 15) is 9.59 Å². The molecule has 2 heterocycles. The fraction of sp³-hybridized carbons (Fsp3) is 0.481. The highest BCUT2D eigenvalue weighted by Gasteiger charge is 2.30. The smallest absolute Gasteiger partial charge is 0.223 e. The number of benzene rings is 2. The molecule has 2 amide bonds. The average Bonchev–Trinajstić information content (AvgIpc) is 2.87. The molecule has 2 aromatic carbocycles. The molecule has 0 aliphatic carbocycles. The lowest BCUT2D eigenvalue weighted by molar-refractivity contribution is -0.135. The van der Waals surface area contributed by atoms with E-state index in [2.05, 4.69) is 29.6 Å². The summed E-state index contributed by atoms with van der Waals surface area (Å²) in [5.41, 5.74) is 2.38. The van der Waals surface area contributed by atoms with Crippen molar-refractivity contribution in [3.63, 3.8) is 0 Å². The maximum atomic E-state index is 12.8. The molecule has 0 aromatic heterocycles. The Kier molecular flexibility index (Phi) is 7.94. The first kappa shape index (κ1) is 22.5. The van der Waals surface area contributed by atoms with Gasteiger partial charge in [-0.15, -0.1) is 0 Å². The minimum absolute atomic E-state index is 0.00661. The highest BCUT2D eigenvalue weighted by molar-refractivity contribution is 5.80. The van der Waals surface area contributed by atoms with Gasteiger partial charge in [0.05, 0.1) is 6.10 Å². The zero-order valence-electron chi connectivity index (χ0n) is 18.7. The van der Waals surface area contributed by atoms with Gasteiger partial charge in [0, 0.05) is 44.5 Å². The van der Waals surface area contributed by atoms with Crippen molar-refractivity contribution in [1.29, 1.82) is 0 Å². The molecular formula is C27H34N2O3. The van der Waals surface area contributed by atoms with Crippen LogP contribution in [0.5, 0.6) is 0 Å². The lowest BCUT2D eigenvalue weighted by Crippen LogP contribution is -2.44. The van der Waals surface area contributed by atoms with Crippen molar-refractivity contribution in [2.75, 3.05) is 26.2 Å². The molecule has 0 bridgehead atoms. The van der Waals surface area contributed by atoms with E-state index in [0.717, 1.165) is 38.7 Å². The molecule has 0 radical (unpaired) electrons. The van der Waals surface area contributed by atoms with Crippen LogP contribution in [-0.2, 0) is 20.7 Å². The van der Waals surface area contributed by atoms with E-state index < -0.39 is 0 Å². The van der Waals surface area contributed by atoms with E-state index in [-0.39, 0.29) is 23.8 Å². The van der Waals surface area contributed by atoms with E-state index in [1.54, 1.807) is 0 Å². The third-order valence-corrected chi connectivity index (χ3v) is 6.80. The van der Waals surface area contributed by atoms with Crippen LogP contribution in [0.2, 0.25) is 0 Å². The van der Waals surface area contributed by atoms with Gasteiger partial charge in [0.2, 0.25) is 11.8 Å². The zero-order chi connectivity index (χ0) is 22.2. The monoisotopic (exact) mass is 434 g/mol. The van der Waals surface area contributed by atoms with Gasteiger partial charge in [0.15, 0.2) is 0 Å². The predicted octanol–water partition coefficient (Wildman–Crippen LogP) is 4.14. The van der Waals surface area contributed by atoms with E-state index in [1.165, 1.54) is 11.1 Å². The highest BCUT2D eigenvalue weighted by atomic mass is 16.5. The molecule has 5 heteroatoms. The fourth-order valence-corrected chi connectivity index (χ4v) is 4.88. The maximum absolute atomic E-state index is 12.8. The zero-order valence-corrected chi connectivity index (χ0v) is 18.7. The second kappa shape index (κ2) is 11.3. The minimum atomic E-state index is -0.00661. The third-order valence-electron chi connectivity index (χ3n) is 6.80. The normalized spacial score (nSPS) is 21.8. The molecule has 2 atom stereocenters. The maximum Gasteiger partial charge on any atom is 0.223 e. The average molecular weight is 435 g/mol. The largest absolute Gasteiger partial charge is 0.373 e. The van der Waals surface area contributed by atoms with Crippen molar-refractivity contribution in [3.8, 4) is 0 Å². The van der Waals surface area contributed by atoms with Crippen LogP contribution >= 0.6 is 0 Å². The van der Waals surface area contributed by atoms with E-state index in [1.807, 2.05) is 41.3 Å². The number of hydrogen-bond acceptors (Lipinski definition) is 3. The van der Waals surface area contributed by atoms with E-state index in [4.69, 9.17) is 4.74 Å². The van der Waals surface area contributed by atoms with E-state index in [0.29, 0.717) is 32.0 Å². The third kappa shape index (κ3) is 5.98. The number of amides is 2. The molecule has 2 unspecified atom stereocenters. The van der Waals surface area contributed by atoms with Gasteiger partial charge in [-0.05, 0) is 43.2 Å². The number of nitrogens with one attached hydrogen (secondary N) is 1. The number of carbonyl (C=O) groups is 2. The van der Waals surface area contributed by atoms with E-state index >= 15 is 0 Å². The number of hydrogen-bond donors (Lipinski definition) is 1. The lowest BCUT2D eigenvalue weighted by atomic mass is 9.89. The predicted molar refractivity (Wildman–Crippen MR) is 125 cm³/mol. The van der Waals surface area contributed by atoms with Crippen molar-refractivity contribution in [2.24, 2.45) is 11.8 Å². The Hall–Kier alpha value is -2.66. The van der Waals surface area contributed by atoms with Crippen LogP contribution in [-0.4, -0.2) is 43.0 Å². The lowest BCUT2D eigenvalue weighted by Gasteiger charge is -2.34. The Morgan fingerprint density at radius 3 is 2.34 bits per heavy atom. The molecule has 5 nitrogen and oxygen atoms in total. The van der Waals surface area contributed by atoms with Gasteiger partial charge in [-0.2, -0.15) is 0 Å². The molecule has 2 fully saturated rings. The Morgan fingerprint density at radius 1 is 0.938 bits per heavy atom. The number of rotatable bonds is 7. The van der Waals surface area contributed by atoms with Gasteiger partial charge in [-0.3, -0.25) is 9.59 Å². The molecular weight excluding hydrogens is 400 g/mol. The molecule has 0 saturated carbocycles. The van der Waals surface area contributed by atoms with Crippen molar-refractivity contribution < 1.29 is 14.3 Å². The van der Waals surface area contributed by atoms with Crippen LogP contribution in [0.1, 0.15) is 49.3 Å². The number of aryl methyl sites for hydroxylation is 1. The van der Waals surface area contributed by atoms with Crippen LogP contribution in [0, 0.1) is 11.8 Å². The molecule has 2 aromatic rings. The Labute approximate surface area is 191 Å². The number of ether oxygens (including phenoxy) is 1. The van der Waals surface area contributed by atoms with Gasteiger partial charge in [0.1, 0.15) is 0 Å². The van der Waals surface area contributed by atoms with Crippen LogP contribution in [0.4, 0.5) is 0 Å². The van der Waals surface area contributed by atoms with Crippen LogP contribution in [0.25, 0.3) is 0 Å². The Morgan fingerprint density at radius 2 is 1.62 bits per heavy atom. The van der Waals surface area contributed by atoms with Crippen LogP contribution in [0.15, 0.2) is 60.7 Å². The van der Waals surface area contributed by atoms with Crippen LogP contribution in [0.3, 0.4) is 0 Å². The summed E-state index contributed by atoms with van der Waals surface area (Å²) in [6.45, 7) is 2.77. The SMILES string of the molecule is O=C(NCC1CCCOC1c1ccccc1)C1CCN(C(=O)CCc2ccccc2)CC1. The van der Waals surface area contributed by atoms with Gasteiger partial charge in [-0.1, -0.05) is 60.7 Å². The van der Waals surface area contributed by atoms with Gasteiger partial charge < -0.3 is 15.0 Å². The quantitative estimate of drug-likeness (QED) is 0.713. The standard InChI is InChI=1S/C27H34N2O3/c30-25(14-13-21-8-3-1-4-9-21)29-17-15-23(16-18-29)27(31)28-20-24-12-7-19-32-26(24)22-10-5-2-6-11-22/h1-6,8-11,23-24,26H,7,12-20H2,(H,28,31). The number of carbonyl (C=O) groups excluding carboxylic acids is 2. The first-order valence-corrected chi connectivity index (χ1v) is 12.0. The molecule has 1 N–H and O–H groups in total. The summed E-state index contributed by atoms with van der Waals surface area (Å²) in [6, 6.07) is 20.4. The van der Waals surface area contributed by atoms with Crippen molar-refractivity contribution in [1.82, 2.24) is 10.2 Å². The summed E-state index contributed by atoms with van der Waals surface area (Å²) >= 11 is 0. The first-order valence-electron chi connectivity index (χ1n) is 12.0. The molecule has 2 saturated heterocycles. The summed E-state index contributed by atoms with van der Waals surface area (Å²) in [7, 11) is 0. The number of likely N-dealkylation sites (tertiary alicyclic amines) is 1. The van der Waals surface area contributed by atoms with Gasteiger partial charge >= 0.3 is 0 Å². The minimum Gasteiger partial charge on any atom is -0.373 e. The summed E-state index contributed by atoms with van der Waals surface area (Å²) in [4.78, 5) is 27.3.